The molecular weight excluding hydrogens is 444 g/mol. The van der Waals surface area contributed by atoms with E-state index >= 15 is 0 Å². The zero-order valence-electron chi connectivity index (χ0n) is 18.8. The zero-order valence-corrected chi connectivity index (χ0v) is 19.6. The summed E-state index contributed by atoms with van der Waals surface area (Å²) in [4.78, 5) is 4.66. The summed E-state index contributed by atoms with van der Waals surface area (Å²) in [7, 11) is -2.01. The van der Waals surface area contributed by atoms with Gasteiger partial charge in [-0.2, -0.15) is 4.98 Å². The van der Waals surface area contributed by atoms with Crippen LogP contribution in [0.15, 0.2) is 62.4 Å². The van der Waals surface area contributed by atoms with Gasteiger partial charge in [0.15, 0.2) is 27.1 Å². The van der Waals surface area contributed by atoms with Crippen LogP contribution in [0.25, 0.3) is 23.0 Å². The topological polar surface area (TPSA) is 105 Å². The summed E-state index contributed by atoms with van der Waals surface area (Å²) in [6, 6.07) is 13.8. The van der Waals surface area contributed by atoms with Crippen LogP contribution in [0.2, 0.25) is 0 Å². The predicted molar refractivity (Wildman–Crippen MR) is 122 cm³/mol. The van der Waals surface area contributed by atoms with E-state index in [0.29, 0.717) is 35.1 Å². The molecule has 2 aromatic carbocycles. The molecule has 0 unspecified atom stereocenters. The van der Waals surface area contributed by atoms with E-state index in [9.17, 15) is 8.42 Å². The summed E-state index contributed by atoms with van der Waals surface area (Å²) < 4.78 is 47.7. The second-order valence-corrected chi connectivity index (χ2v) is 9.47. The largest absolute Gasteiger partial charge is 0.493 e. The van der Waals surface area contributed by atoms with Crippen molar-refractivity contribution in [3.63, 3.8) is 0 Å². The van der Waals surface area contributed by atoms with Crippen LogP contribution in [0.3, 0.4) is 0 Å². The van der Waals surface area contributed by atoms with Crippen LogP contribution in [0.5, 0.6) is 11.5 Å². The van der Waals surface area contributed by atoms with E-state index in [0.717, 1.165) is 5.56 Å². The van der Waals surface area contributed by atoms with Gasteiger partial charge in [-0.25, -0.2) is 8.42 Å². The lowest BCUT2D eigenvalue weighted by molar-refractivity contribution is 0.311. The number of hydrogen-bond donors (Lipinski definition) is 0. The van der Waals surface area contributed by atoms with Crippen LogP contribution in [0.1, 0.15) is 23.8 Å². The van der Waals surface area contributed by atoms with Crippen molar-refractivity contribution in [2.45, 2.75) is 31.4 Å². The summed E-state index contributed by atoms with van der Waals surface area (Å²) >= 11 is 0. The maximum atomic E-state index is 12.9. The van der Waals surface area contributed by atoms with Crippen molar-refractivity contribution in [3.05, 3.63) is 65.4 Å². The van der Waals surface area contributed by atoms with E-state index in [-0.39, 0.29) is 28.1 Å². The molecule has 0 atom stereocenters. The van der Waals surface area contributed by atoms with Gasteiger partial charge >= 0.3 is 0 Å². The Balaban J connectivity index is 1.55. The van der Waals surface area contributed by atoms with Crippen LogP contribution in [0.4, 0.5) is 0 Å². The number of aryl methyl sites for hydroxylation is 2. The third kappa shape index (κ3) is 4.78. The van der Waals surface area contributed by atoms with Gasteiger partial charge in [0.25, 0.3) is 5.89 Å². The number of nitrogens with zero attached hydrogens (tertiary/aromatic N) is 2. The van der Waals surface area contributed by atoms with Crippen LogP contribution in [0, 0.1) is 13.8 Å². The second kappa shape index (κ2) is 9.11. The Morgan fingerprint density at radius 2 is 1.82 bits per heavy atom. The molecule has 172 valence electrons. The molecule has 9 heteroatoms. The number of rotatable bonds is 8. The third-order valence-electron chi connectivity index (χ3n) is 5.02. The summed E-state index contributed by atoms with van der Waals surface area (Å²) in [6.45, 7) is 6.11. The molecule has 2 aromatic heterocycles. The van der Waals surface area contributed by atoms with Gasteiger partial charge in [0.1, 0.15) is 11.5 Å². The first-order valence-electron chi connectivity index (χ1n) is 10.3. The van der Waals surface area contributed by atoms with Crippen molar-refractivity contribution in [2.75, 3.05) is 13.7 Å². The quantitative estimate of drug-likeness (QED) is 0.356. The molecule has 0 saturated heterocycles. The Bertz CT molecular complexity index is 1390. The van der Waals surface area contributed by atoms with Crippen LogP contribution >= 0.6 is 0 Å². The van der Waals surface area contributed by atoms with Gasteiger partial charge in [-0.05, 0) is 62.7 Å². The predicted octanol–water partition coefficient (Wildman–Crippen LogP) is 4.99. The molecule has 0 aliphatic heterocycles. The zero-order chi connectivity index (χ0) is 23.6. The highest BCUT2D eigenvalue weighted by Gasteiger charge is 2.22. The van der Waals surface area contributed by atoms with Gasteiger partial charge in [0.05, 0.1) is 18.6 Å². The molecule has 33 heavy (non-hydrogen) atoms. The lowest BCUT2D eigenvalue weighted by Gasteiger charge is -2.09. The average molecular weight is 469 g/mol. The Hall–Kier alpha value is -3.59. The van der Waals surface area contributed by atoms with Crippen molar-refractivity contribution in [1.29, 1.82) is 0 Å². The average Bonchev–Trinajstić information content (AvgIpc) is 3.43. The number of methoxy groups -OCH3 is 1. The molecule has 0 N–H and O–H groups in total. The Kier molecular flexibility index (Phi) is 6.24. The minimum atomic E-state index is -3.57. The van der Waals surface area contributed by atoms with Crippen molar-refractivity contribution in [2.24, 2.45) is 0 Å². The van der Waals surface area contributed by atoms with Crippen molar-refractivity contribution >= 4 is 9.84 Å². The van der Waals surface area contributed by atoms with Crippen molar-refractivity contribution in [3.8, 4) is 34.5 Å². The van der Waals surface area contributed by atoms with E-state index in [2.05, 4.69) is 10.1 Å². The number of ether oxygens (including phenoxy) is 2. The van der Waals surface area contributed by atoms with E-state index in [1.165, 1.54) is 0 Å². The van der Waals surface area contributed by atoms with Crippen LogP contribution in [-0.2, 0) is 15.6 Å². The first-order chi connectivity index (χ1) is 15.8. The smallest absolute Gasteiger partial charge is 0.293 e. The number of benzene rings is 2. The summed E-state index contributed by atoms with van der Waals surface area (Å²) in [6.07, 6.45) is 0. The summed E-state index contributed by atoms with van der Waals surface area (Å²) in [5, 5.41) is 4.00. The molecule has 4 rings (SSSR count). The van der Waals surface area contributed by atoms with Gasteiger partial charge < -0.3 is 18.4 Å². The minimum Gasteiger partial charge on any atom is -0.493 e. The van der Waals surface area contributed by atoms with Gasteiger partial charge in [-0.1, -0.05) is 22.9 Å². The first kappa shape index (κ1) is 22.6. The van der Waals surface area contributed by atoms with Gasteiger partial charge in [0.2, 0.25) is 5.82 Å². The fourth-order valence-corrected chi connectivity index (χ4v) is 5.02. The van der Waals surface area contributed by atoms with Crippen LogP contribution < -0.4 is 9.47 Å². The van der Waals surface area contributed by atoms with E-state index in [1.807, 2.05) is 19.9 Å². The molecule has 0 fully saturated rings. The molecule has 0 aliphatic rings. The maximum absolute atomic E-state index is 12.9. The second-order valence-electron chi connectivity index (χ2n) is 7.52. The van der Waals surface area contributed by atoms with E-state index in [4.69, 9.17) is 18.4 Å². The minimum absolute atomic E-state index is 0.146. The van der Waals surface area contributed by atoms with Crippen molar-refractivity contribution < 1.29 is 26.8 Å². The highest BCUT2D eigenvalue weighted by molar-refractivity contribution is 7.90. The van der Waals surface area contributed by atoms with Crippen LogP contribution in [-0.4, -0.2) is 32.3 Å². The highest BCUT2D eigenvalue weighted by atomic mass is 32.2. The number of furan rings is 1. The monoisotopic (exact) mass is 468 g/mol. The number of hydrogen-bond acceptors (Lipinski definition) is 8. The third-order valence-corrected chi connectivity index (χ3v) is 6.81. The Morgan fingerprint density at radius 1 is 1.00 bits per heavy atom. The van der Waals surface area contributed by atoms with Gasteiger partial charge in [0, 0.05) is 5.56 Å². The SMILES string of the molecule is CCOc1ccc(-c2noc(-c3ccc(CS(=O)(=O)c4ccc(C)cc4C)o3)n2)cc1OC. The van der Waals surface area contributed by atoms with E-state index in [1.54, 1.807) is 56.5 Å². The molecule has 0 amide bonds. The normalized spacial score (nSPS) is 11.5. The lowest BCUT2D eigenvalue weighted by atomic mass is 10.2. The Morgan fingerprint density at radius 3 is 2.55 bits per heavy atom. The molecule has 0 spiro atoms. The molecular formula is C24H24N2O6S. The van der Waals surface area contributed by atoms with Gasteiger partial charge in [-0.15, -0.1) is 0 Å². The standard InChI is InChI=1S/C24H24N2O6S/c1-5-30-19-9-7-17(13-21(19)29-4)23-25-24(32-26-23)20-10-8-18(31-20)14-33(27,28)22-11-6-15(2)12-16(22)3/h6-13H,5,14H2,1-4H3. The number of sulfone groups is 1. The molecule has 2 heterocycles. The lowest BCUT2D eigenvalue weighted by Crippen LogP contribution is -2.06. The Labute approximate surface area is 192 Å². The molecule has 0 radical (unpaired) electrons. The summed E-state index contributed by atoms with van der Waals surface area (Å²) in [5.41, 5.74) is 2.38. The maximum Gasteiger partial charge on any atom is 0.293 e. The number of aromatic nitrogens is 2. The molecule has 0 aliphatic carbocycles. The molecule has 4 aromatic rings. The fraction of sp³-hybridized carbons (Fsp3) is 0.250. The molecule has 0 saturated carbocycles. The molecule has 0 bridgehead atoms. The van der Waals surface area contributed by atoms with Crippen molar-refractivity contribution in [1.82, 2.24) is 10.1 Å². The molecule has 8 nitrogen and oxygen atoms in total. The summed E-state index contributed by atoms with van der Waals surface area (Å²) in [5.74, 6) is 1.96. The van der Waals surface area contributed by atoms with Gasteiger partial charge in [-0.3, -0.25) is 0 Å². The van der Waals surface area contributed by atoms with E-state index < -0.39 is 9.84 Å². The highest BCUT2D eigenvalue weighted by Crippen LogP contribution is 2.33. The fourth-order valence-electron chi connectivity index (χ4n) is 3.51. The first-order valence-corrected chi connectivity index (χ1v) is 12.0.